The van der Waals surface area contributed by atoms with Crippen LogP contribution in [0.15, 0.2) is 53.6 Å². The maximum absolute atomic E-state index is 14.4. The van der Waals surface area contributed by atoms with Crippen LogP contribution >= 0.6 is 0 Å². The van der Waals surface area contributed by atoms with Crippen molar-refractivity contribution in [1.29, 1.82) is 0 Å². The highest BCUT2D eigenvalue weighted by Gasteiger charge is 2.38. The third kappa shape index (κ3) is 5.51. The molecule has 0 bridgehead atoms. The van der Waals surface area contributed by atoms with Crippen LogP contribution in [0.2, 0.25) is 0 Å². The highest BCUT2D eigenvalue weighted by atomic mass is 32.2. The second kappa shape index (κ2) is 9.74. The monoisotopic (exact) mass is 520 g/mol. The van der Waals surface area contributed by atoms with Gasteiger partial charge in [0.05, 0.1) is 0 Å². The molecule has 0 amide bonds. The van der Waals surface area contributed by atoms with Crippen LogP contribution in [0.5, 0.6) is 0 Å². The summed E-state index contributed by atoms with van der Waals surface area (Å²) in [6.07, 6.45) is -4.15. The minimum Gasteiger partial charge on any atom is -0.295 e. The van der Waals surface area contributed by atoms with E-state index in [0.29, 0.717) is 4.31 Å². The zero-order valence-electron chi connectivity index (χ0n) is 17.7. The van der Waals surface area contributed by atoms with Crippen molar-refractivity contribution < 1.29 is 43.9 Å². The van der Waals surface area contributed by atoms with Gasteiger partial charge in [0.25, 0.3) is 0 Å². The molecule has 0 fully saturated rings. The molecule has 186 valence electrons. The van der Waals surface area contributed by atoms with E-state index in [0.717, 1.165) is 18.3 Å². The SMILES string of the molecule is CC(=O)c1ccc(CN(Cc2cccnc2C(F)(F)F)S(=O)(=O)c2cc(F)c(F)c(F)c2F)cc1. The second-order valence-corrected chi connectivity index (χ2v) is 9.24. The number of aromatic nitrogens is 1. The second-order valence-electron chi connectivity index (χ2n) is 7.33. The standard InChI is InChI=1S/C22H15F7N2O3S/c1-12(32)14-6-4-13(5-7-14)10-31(11-15-3-2-8-30-21(15)22(27,28)29)35(33,34)17-9-16(23)18(24)20(26)19(17)25/h2-9H,10-11H2,1H3. The Morgan fingerprint density at radius 2 is 1.57 bits per heavy atom. The first-order valence-corrected chi connectivity index (χ1v) is 11.1. The Morgan fingerprint density at radius 1 is 0.943 bits per heavy atom. The topological polar surface area (TPSA) is 67.3 Å². The van der Waals surface area contributed by atoms with Gasteiger partial charge in [0, 0.05) is 30.9 Å². The van der Waals surface area contributed by atoms with Gasteiger partial charge in [0.2, 0.25) is 10.0 Å². The molecule has 1 aromatic heterocycles. The number of Topliss-reactive ketones (excluding diaryl/α,β-unsaturated/α-hetero) is 1. The van der Waals surface area contributed by atoms with E-state index < -0.39 is 68.7 Å². The number of pyridine rings is 1. The summed E-state index contributed by atoms with van der Waals surface area (Å²) in [5.41, 5.74) is -1.65. The van der Waals surface area contributed by atoms with Gasteiger partial charge in [0.1, 0.15) is 10.6 Å². The average Bonchev–Trinajstić information content (AvgIpc) is 2.79. The number of ketones is 1. The highest BCUT2D eigenvalue weighted by molar-refractivity contribution is 7.89. The van der Waals surface area contributed by atoms with Crippen molar-refractivity contribution in [2.75, 3.05) is 0 Å². The number of sulfonamides is 1. The van der Waals surface area contributed by atoms with Crippen molar-refractivity contribution in [3.8, 4) is 0 Å². The smallest absolute Gasteiger partial charge is 0.295 e. The number of hydrogen-bond acceptors (Lipinski definition) is 4. The molecule has 3 aromatic rings. The molecule has 0 aliphatic carbocycles. The molecule has 5 nitrogen and oxygen atoms in total. The van der Waals surface area contributed by atoms with Crippen LogP contribution in [0, 0.1) is 23.3 Å². The fourth-order valence-corrected chi connectivity index (χ4v) is 4.64. The number of nitrogens with zero attached hydrogens (tertiary/aromatic N) is 2. The molecule has 35 heavy (non-hydrogen) atoms. The van der Waals surface area contributed by atoms with Crippen LogP contribution in [0.3, 0.4) is 0 Å². The molecule has 3 rings (SSSR count). The van der Waals surface area contributed by atoms with Gasteiger partial charge >= 0.3 is 6.18 Å². The Kier molecular flexibility index (Phi) is 7.31. The first kappa shape index (κ1) is 26.3. The molecule has 0 unspecified atom stereocenters. The summed E-state index contributed by atoms with van der Waals surface area (Å²) in [6, 6.07) is 7.19. The van der Waals surface area contributed by atoms with E-state index in [9.17, 15) is 43.9 Å². The summed E-state index contributed by atoms with van der Waals surface area (Å²) in [5, 5.41) is 0. The van der Waals surface area contributed by atoms with Crippen molar-refractivity contribution in [1.82, 2.24) is 9.29 Å². The summed E-state index contributed by atoms with van der Waals surface area (Å²) in [7, 11) is -5.23. The third-order valence-corrected chi connectivity index (χ3v) is 6.70. The summed E-state index contributed by atoms with van der Waals surface area (Å²) in [6.45, 7) is -0.445. The molecule has 0 saturated carbocycles. The van der Waals surface area contributed by atoms with Gasteiger partial charge in [-0.15, -0.1) is 0 Å². The van der Waals surface area contributed by atoms with Crippen LogP contribution in [0.25, 0.3) is 0 Å². The first-order chi connectivity index (χ1) is 16.2. The Hall–Kier alpha value is -3.32. The van der Waals surface area contributed by atoms with Crippen LogP contribution < -0.4 is 0 Å². The van der Waals surface area contributed by atoms with E-state index in [4.69, 9.17) is 0 Å². The van der Waals surface area contributed by atoms with Crippen LogP contribution in [0.1, 0.15) is 34.1 Å². The first-order valence-electron chi connectivity index (χ1n) is 9.67. The summed E-state index contributed by atoms with van der Waals surface area (Å²) >= 11 is 0. The fourth-order valence-electron chi connectivity index (χ4n) is 3.16. The lowest BCUT2D eigenvalue weighted by atomic mass is 10.1. The quantitative estimate of drug-likeness (QED) is 0.185. The van der Waals surface area contributed by atoms with Crippen molar-refractivity contribution >= 4 is 15.8 Å². The molecule has 0 atom stereocenters. The van der Waals surface area contributed by atoms with Gasteiger partial charge in [-0.1, -0.05) is 30.3 Å². The molecule has 0 N–H and O–H groups in total. The molecule has 1 heterocycles. The number of alkyl halides is 3. The molecular formula is C22H15F7N2O3S. The summed E-state index contributed by atoms with van der Waals surface area (Å²) < 4.78 is 122. The van der Waals surface area contributed by atoms with Crippen molar-refractivity contribution in [2.45, 2.75) is 31.1 Å². The number of carbonyl (C=O) groups is 1. The number of benzene rings is 2. The maximum atomic E-state index is 14.4. The van der Waals surface area contributed by atoms with E-state index in [-0.39, 0.29) is 23.0 Å². The van der Waals surface area contributed by atoms with Crippen molar-refractivity contribution in [2.24, 2.45) is 0 Å². The van der Waals surface area contributed by atoms with Gasteiger partial charge < -0.3 is 0 Å². The number of rotatable bonds is 7. The number of halogens is 7. The van der Waals surface area contributed by atoms with Crippen molar-refractivity contribution in [3.63, 3.8) is 0 Å². The van der Waals surface area contributed by atoms with Gasteiger partial charge in [-0.05, 0) is 24.1 Å². The molecule has 2 aromatic carbocycles. The Morgan fingerprint density at radius 3 is 2.14 bits per heavy atom. The number of carbonyl (C=O) groups excluding carboxylic acids is 1. The largest absolute Gasteiger partial charge is 0.433 e. The lowest BCUT2D eigenvalue weighted by molar-refractivity contribution is -0.142. The molecular weight excluding hydrogens is 505 g/mol. The number of hydrogen-bond donors (Lipinski definition) is 0. The van der Waals surface area contributed by atoms with Crippen LogP contribution in [-0.2, 0) is 29.3 Å². The van der Waals surface area contributed by atoms with E-state index in [1.807, 2.05) is 0 Å². The van der Waals surface area contributed by atoms with E-state index in [1.54, 1.807) is 0 Å². The molecule has 0 radical (unpaired) electrons. The van der Waals surface area contributed by atoms with Crippen LogP contribution in [-0.4, -0.2) is 23.5 Å². The molecule has 0 aliphatic heterocycles. The normalized spacial score (nSPS) is 12.3. The minimum absolute atomic E-state index is 0.0944. The van der Waals surface area contributed by atoms with E-state index in [2.05, 4.69) is 4.98 Å². The minimum atomic E-state index is -5.23. The highest BCUT2D eigenvalue weighted by Crippen LogP contribution is 2.33. The predicted octanol–water partition coefficient (Wildman–Crippen LogP) is 5.25. The molecule has 0 spiro atoms. The Bertz CT molecular complexity index is 1380. The third-order valence-electron chi connectivity index (χ3n) is 4.91. The molecule has 0 saturated heterocycles. The lowest BCUT2D eigenvalue weighted by Crippen LogP contribution is -2.32. The molecule has 13 heteroatoms. The fraction of sp³-hybridized carbons (Fsp3) is 0.182. The lowest BCUT2D eigenvalue weighted by Gasteiger charge is -2.24. The van der Waals surface area contributed by atoms with Gasteiger partial charge in [-0.3, -0.25) is 9.78 Å². The Labute approximate surface area is 194 Å². The van der Waals surface area contributed by atoms with Crippen molar-refractivity contribution in [3.05, 3.63) is 94.3 Å². The maximum Gasteiger partial charge on any atom is 0.433 e. The van der Waals surface area contributed by atoms with E-state index >= 15 is 0 Å². The summed E-state index contributed by atoms with van der Waals surface area (Å²) in [4.78, 5) is 13.1. The van der Waals surface area contributed by atoms with Gasteiger partial charge in [-0.25, -0.2) is 26.0 Å². The predicted molar refractivity (Wildman–Crippen MR) is 108 cm³/mol. The van der Waals surface area contributed by atoms with Gasteiger partial charge in [0.15, 0.2) is 29.1 Å². The zero-order chi connectivity index (χ0) is 26.1. The van der Waals surface area contributed by atoms with Gasteiger partial charge in [-0.2, -0.15) is 17.5 Å². The van der Waals surface area contributed by atoms with Crippen LogP contribution in [0.4, 0.5) is 30.7 Å². The zero-order valence-corrected chi connectivity index (χ0v) is 18.5. The summed E-state index contributed by atoms with van der Waals surface area (Å²) in [5.74, 6) is -9.20. The average molecular weight is 520 g/mol. The van der Waals surface area contributed by atoms with E-state index in [1.165, 1.54) is 31.2 Å². The molecule has 0 aliphatic rings. The Balaban J connectivity index is 2.14.